The average Bonchev–Trinajstić information content (AvgIpc) is 3.02. The van der Waals surface area contributed by atoms with Crippen LogP contribution in [0.4, 0.5) is 0 Å². The maximum Gasteiger partial charge on any atom is 0.337 e. The number of carbonyl (C=O) groups excluding carboxylic acids is 2. The monoisotopic (exact) mass is 524 g/mol. The minimum atomic E-state index is -2.18. The molecule has 0 amide bonds. The van der Waals surface area contributed by atoms with E-state index in [4.69, 9.17) is 13.6 Å². The van der Waals surface area contributed by atoms with Gasteiger partial charge in [0.15, 0.2) is 8.32 Å². The van der Waals surface area contributed by atoms with Crippen molar-refractivity contribution in [3.8, 4) is 0 Å². The summed E-state index contributed by atoms with van der Waals surface area (Å²) < 4.78 is 19.1. The lowest BCUT2D eigenvalue weighted by molar-refractivity contribution is -0.135. The first-order valence-electron chi connectivity index (χ1n) is 13.3. The lowest BCUT2D eigenvalue weighted by atomic mass is 9.88. The van der Waals surface area contributed by atoms with Crippen molar-refractivity contribution in [3.63, 3.8) is 0 Å². The first kappa shape index (κ1) is 31.8. The Morgan fingerprint density at radius 1 is 1.00 bits per heavy atom. The van der Waals surface area contributed by atoms with Crippen LogP contribution < -0.4 is 0 Å². The third kappa shape index (κ3) is 8.15. The number of allylic oxidation sites excluding steroid dienone is 1. The summed E-state index contributed by atoms with van der Waals surface area (Å²) >= 11 is 0. The van der Waals surface area contributed by atoms with Gasteiger partial charge in [0.1, 0.15) is 6.29 Å². The Bertz CT molecular complexity index is 797. The van der Waals surface area contributed by atoms with Gasteiger partial charge in [-0.1, -0.05) is 67.4 Å². The molecule has 0 aliphatic heterocycles. The topological polar surface area (TPSA) is 61.8 Å². The van der Waals surface area contributed by atoms with Gasteiger partial charge in [0, 0.05) is 24.3 Å². The van der Waals surface area contributed by atoms with E-state index >= 15 is 0 Å². The maximum absolute atomic E-state index is 13.1. The lowest BCUT2D eigenvalue weighted by Gasteiger charge is -2.40. The van der Waals surface area contributed by atoms with Crippen molar-refractivity contribution in [3.05, 3.63) is 23.0 Å². The zero-order chi connectivity index (χ0) is 27.2. The molecule has 1 aliphatic rings. The second kappa shape index (κ2) is 12.4. The van der Waals surface area contributed by atoms with Gasteiger partial charge in [-0.15, -0.1) is 0 Å². The predicted octanol–water partition coefficient (Wildman–Crippen LogP) is 7.94. The van der Waals surface area contributed by atoms with Crippen LogP contribution in [0.3, 0.4) is 0 Å². The van der Waals surface area contributed by atoms with E-state index in [1.165, 1.54) is 7.11 Å². The minimum absolute atomic E-state index is 0.0130. The molecular weight excluding hydrogens is 472 g/mol. The van der Waals surface area contributed by atoms with E-state index in [0.717, 1.165) is 36.9 Å². The number of ether oxygens (including phenoxy) is 1. The molecule has 35 heavy (non-hydrogen) atoms. The third-order valence-electron chi connectivity index (χ3n) is 8.14. The average molecular weight is 525 g/mol. The van der Waals surface area contributed by atoms with E-state index in [-0.39, 0.29) is 28.1 Å². The Hall–Kier alpha value is -1.19. The molecule has 2 atom stereocenters. The van der Waals surface area contributed by atoms with Crippen molar-refractivity contribution in [2.75, 3.05) is 7.11 Å². The molecule has 0 aromatic carbocycles. The van der Waals surface area contributed by atoms with Gasteiger partial charge in [-0.3, -0.25) is 0 Å². The highest BCUT2D eigenvalue weighted by atomic mass is 28.4. The van der Waals surface area contributed by atoms with Gasteiger partial charge in [-0.25, -0.2) is 4.79 Å². The van der Waals surface area contributed by atoms with Gasteiger partial charge in [0.2, 0.25) is 8.32 Å². The van der Waals surface area contributed by atoms with Crippen LogP contribution in [-0.4, -0.2) is 42.1 Å². The number of rotatable bonds is 12. The second-order valence-corrected chi connectivity index (χ2v) is 22.4. The van der Waals surface area contributed by atoms with Crippen LogP contribution in [0.1, 0.15) is 87.0 Å². The smallest absolute Gasteiger partial charge is 0.337 e. The molecular formula is C28H52O5Si2. The molecule has 0 radical (unpaired) electrons. The summed E-state index contributed by atoms with van der Waals surface area (Å²) in [5.41, 5.74) is 1.50. The molecule has 1 rings (SSSR count). The number of esters is 1. The Balaban J connectivity index is 3.71. The molecule has 7 heteroatoms. The van der Waals surface area contributed by atoms with Crippen LogP contribution >= 0.6 is 0 Å². The van der Waals surface area contributed by atoms with E-state index < -0.39 is 16.6 Å². The van der Waals surface area contributed by atoms with Gasteiger partial charge < -0.3 is 18.4 Å². The van der Waals surface area contributed by atoms with Crippen LogP contribution in [-0.2, 0) is 23.2 Å². The third-order valence-corrected chi connectivity index (χ3v) is 17.0. The van der Waals surface area contributed by atoms with E-state index in [2.05, 4.69) is 74.7 Å². The molecule has 0 saturated carbocycles. The quantitative estimate of drug-likeness (QED) is 0.0852. The SMILES string of the molecule is CCCC/C=C(/C(=O)OC)C1=C(O[Si](C)(C)C(C)(C)C)C[C@@H](O[Si](C)(C)C(C)(C)C)[C@@H]1CCC=O. The molecule has 0 spiro atoms. The van der Waals surface area contributed by atoms with Gasteiger partial charge in [0.25, 0.3) is 0 Å². The van der Waals surface area contributed by atoms with E-state index in [1.807, 2.05) is 6.08 Å². The fraction of sp³-hybridized carbons (Fsp3) is 0.786. The first-order chi connectivity index (χ1) is 15.9. The molecule has 1 aliphatic carbocycles. The number of carbonyl (C=O) groups is 2. The summed E-state index contributed by atoms with van der Waals surface area (Å²) in [6.07, 6.45) is 7.37. The van der Waals surface area contributed by atoms with Crippen LogP contribution in [0, 0.1) is 5.92 Å². The van der Waals surface area contributed by atoms with E-state index in [1.54, 1.807) is 0 Å². The zero-order valence-electron chi connectivity index (χ0n) is 24.6. The highest BCUT2D eigenvalue weighted by molar-refractivity contribution is 6.74. The summed E-state index contributed by atoms with van der Waals surface area (Å²) in [6.45, 7) is 24.5. The Morgan fingerprint density at radius 3 is 2.03 bits per heavy atom. The fourth-order valence-corrected chi connectivity index (χ4v) is 6.33. The van der Waals surface area contributed by atoms with Crippen molar-refractivity contribution < 1.29 is 23.2 Å². The molecule has 0 fully saturated rings. The Kier molecular flexibility index (Phi) is 11.3. The fourth-order valence-electron chi connectivity index (χ4n) is 3.86. The minimum Gasteiger partial charge on any atom is -0.546 e. The Morgan fingerprint density at radius 2 is 1.57 bits per heavy atom. The largest absolute Gasteiger partial charge is 0.546 e. The summed E-state index contributed by atoms with van der Waals surface area (Å²) in [5.74, 6) is 0.446. The van der Waals surface area contributed by atoms with Crippen LogP contribution in [0.2, 0.25) is 36.3 Å². The number of unbranched alkanes of at least 4 members (excludes halogenated alkanes) is 2. The molecule has 202 valence electrons. The number of aldehydes is 1. The lowest BCUT2D eigenvalue weighted by Crippen LogP contribution is -2.45. The van der Waals surface area contributed by atoms with E-state index in [0.29, 0.717) is 24.8 Å². The molecule has 5 nitrogen and oxygen atoms in total. The van der Waals surface area contributed by atoms with Crippen molar-refractivity contribution >= 4 is 28.9 Å². The zero-order valence-corrected chi connectivity index (χ0v) is 26.6. The molecule has 0 aromatic rings. The molecule has 0 heterocycles. The summed E-state index contributed by atoms with van der Waals surface area (Å²) in [7, 11) is -2.84. The highest BCUT2D eigenvalue weighted by Gasteiger charge is 2.48. The first-order valence-corrected chi connectivity index (χ1v) is 19.1. The summed E-state index contributed by atoms with van der Waals surface area (Å²) in [6, 6.07) is 0. The normalized spacial score (nSPS) is 20.3. The van der Waals surface area contributed by atoms with E-state index in [9.17, 15) is 9.59 Å². The number of hydrogen-bond acceptors (Lipinski definition) is 5. The number of hydrogen-bond donors (Lipinski definition) is 0. The number of methoxy groups -OCH3 is 1. The molecule has 0 N–H and O–H groups in total. The van der Waals surface area contributed by atoms with Crippen molar-refractivity contribution in [1.29, 1.82) is 0 Å². The van der Waals surface area contributed by atoms with Crippen LogP contribution in [0.15, 0.2) is 23.0 Å². The van der Waals surface area contributed by atoms with Crippen LogP contribution in [0.5, 0.6) is 0 Å². The van der Waals surface area contributed by atoms with Crippen molar-refractivity contribution in [2.24, 2.45) is 5.92 Å². The van der Waals surface area contributed by atoms with Gasteiger partial charge in [-0.2, -0.15) is 0 Å². The summed E-state index contributed by atoms with van der Waals surface area (Å²) in [5, 5.41) is 0.0622. The van der Waals surface area contributed by atoms with Crippen molar-refractivity contribution in [2.45, 2.75) is 129 Å². The highest BCUT2D eigenvalue weighted by Crippen LogP contribution is 2.48. The molecule has 0 bridgehead atoms. The molecule has 0 saturated heterocycles. The second-order valence-electron chi connectivity index (χ2n) is 12.9. The summed E-state index contributed by atoms with van der Waals surface area (Å²) in [4.78, 5) is 24.6. The van der Waals surface area contributed by atoms with Gasteiger partial charge >= 0.3 is 5.97 Å². The predicted molar refractivity (Wildman–Crippen MR) is 150 cm³/mol. The van der Waals surface area contributed by atoms with Crippen LogP contribution in [0.25, 0.3) is 0 Å². The van der Waals surface area contributed by atoms with Gasteiger partial charge in [0.05, 0.1) is 24.5 Å². The Labute approximate surface area is 217 Å². The van der Waals surface area contributed by atoms with Crippen molar-refractivity contribution in [1.82, 2.24) is 0 Å². The maximum atomic E-state index is 13.1. The van der Waals surface area contributed by atoms with Gasteiger partial charge in [-0.05, 0) is 49.1 Å². The molecule has 0 unspecified atom stereocenters. The molecule has 0 aromatic heterocycles. The standard InChI is InChI=1S/C28H52O5Si2/c1-13-14-15-17-22(26(30)31-8)25-21(18-16-19-29)23(32-34(9,10)27(2,3)4)20-24(25)33-35(11,12)28(5,6)7/h17,19,21,23H,13-16,18,20H2,1-12H3/b22-17+/t21-,23+/m0/s1.